The molecular formula is C27H33F3N4O5. The molecule has 2 aromatic rings. The van der Waals surface area contributed by atoms with Crippen molar-refractivity contribution >= 4 is 23.7 Å². The molecule has 212 valence electrons. The smallest absolute Gasteiger partial charge is 0.417 e. The molecule has 9 nitrogen and oxygen atoms in total. The van der Waals surface area contributed by atoms with Gasteiger partial charge in [-0.15, -0.1) is 0 Å². The number of H-pyrrole nitrogens is 1. The number of aromatic amines is 1. The fourth-order valence-corrected chi connectivity index (χ4v) is 3.73. The number of alkyl halides is 3. The number of hydrogen-bond donors (Lipinski definition) is 4. The number of primary amides is 1. The van der Waals surface area contributed by atoms with Gasteiger partial charge < -0.3 is 26.1 Å². The first-order chi connectivity index (χ1) is 18.3. The van der Waals surface area contributed by atoms with Crippen molar-refractivity contribution in [3.63, 3.8) is 0 Å². The summed E-state index contributed by atoms with van der Waals surface area (Å²) < 4.78 is 45.3. The number of carbonyl (C=O) groups is 4. The number of nitrogens with one attached hydrogen (secondary N) is 3. The molecule has 39 heavy (non-hydrogen) atoms. The van der Waals surface area contributed by atoms with Gasteiger partial charge in [-0.1, -0.05) is 38.1 Å². The number of amides is 3. The quantitative estimate of drug-likeness (QED) is 0.169. The molecule has 1 aromatic heterocycles. The molecule has 2 rings (SSSR count). The Morgan fingerprint density at radius 2 is 1.79 bits per heavy atom. The Labute approximate surface area is 224 Å². The lowest BCUT2D eigenvalue weighted by Crippen LogP contribution is -2.48. The standard InChI is InChI=1S/C27H33F3N4O5/c1-4-39-26(38)21(11-7-8-12-23(31)35)33-25(37)22(15-16(2)3)34-24(36)20-14-13-19(32-20)17-9-5-6-10-18(17)27(28,29)30/h5-6,9-11,13-14,16,22,32H,4,7-8,12,15H2,1-3H3,(H2,31,35)(H,33,37)(H,34,36)/b21-11-/t22-/m0/s1. The van der Waals surface area contributed by atoms with Crippen LogP contribution in [0, 0.1) is 5.92 Å². The number of hydrogen-bond acceptors (Lipinski definition) is 5. The molecule has 0 radical (unpaired) electrons. The van der Waals surface area contributed by atoms with Crippen molar-refractivity contribution in [3.8, 4) is 11.3 Å². The van der Waals surface area contributed by atoms with Gasteiger partial charge >= 0.3 is 12.1 Å². The summed E-state index contributed by atoms with van der Waals surface area (Å²) in [6.07, 6.45) is -2.24. The highest BCUT2D eigenvalue weighted by Gasteiger charge is 2.34. The summed E-state index contributed by atoms with van der Waals surface area (Å²) in [5.41, 5.74) is 4.05. The first kappa shape index (κ1) is 31.1. The zero-order valence-electron chi connectivity index (χ0n) is 22.0. The van der Waals surface area contributed by atoms with E-state index in [9.17, 15) is 32.3 Å². The summed E-state index contributed by atoms with van der Waals surface area (Å²) >= 11 is 0. The Morgan fingerprint density at radius 3 is 2.41 bits per heavy atom. The van der Waals surface area contributed by atoms with E-state index in [-0.39, 0.29) is 54.4 Å². The predicted molar refractivity (Wildman–Crippen MR) is 138 cm³/mol. The largest absolute Gasteiger partial charge is 0.461 e. The summed E-state index contributed by atoms with van der Waals surface area (Å²) in [6.45, 7) is 5.33. The molecular weight excluding hydrogens is 517 g/mol. The topological polar surface area (TPSA) is 143 Å². The number of rotatable bonds is 13. The van der Waals surface area contributed by atoms with E-state index < -0.39 is 41.5 Å². The van der Waals surface area contributed by atoms with Crippen molar-refractivity contribution in [1.29, 1.82) is 0 Å². The first-order valence-electron chi connectivity index (χ1n) is 12.5. The van der Waals surface area contributed by atoms with Crippen molar-refractivity contribution in [1.82, 2.24) is 15.6 Å². The number of unbranched alkanes of at least 4 members (excludes halogenated alkanes) is 1. The van der Waals surface area contributed by atoms with Crippen molar-refractivity contribution in [2.45, 2.75) is 58.7 Å². The number of allylic oxidation sites excluding steroid dienone is 1. The van der Waals surface area contributed by atoms with Crippen molar-refractivity contribution in [2.75, 3.05) is 6.61 Å². The molecule has 0 unspecified atom stereocenters. The second-order valence-electron chi connectivity index (χ2n) is 9.17. The number of benzene rings is 1. The molecule has 0 aliphatic carbocycles. The molecule has 1 heterocycles. The zero-order chi connectivity index (χ0) is 29.2. The average molecular weight is 551 g/mol. The maximum atomic E-state index is 13.4. The highest BCUT2D eigenvalue weighted by atomic mass is 19.4. The molecule has 0 fully saturated rings. The highest BCUT2D eigenvalue weighted by Crippen LogP contribution is 2.36. The van der Waals surface area contributed by atoms with E-state index in [1.807, 2.05) is 13.8 Å². The summed E-state index contributed by atoms with van der Waals surface area (Å²) in [5.74, 6) is -2.71. The van der Waals surface area contributed by atoms with E-state index in [4.69, 9.17) is 10.5 Å². The van der Waals surface area contributed by atoms with Gasteiger partial charge in [-0.3, -0.25) is 14.4 Å². The minimum absolute atomic E-state index is 0.0375. The first-order valence-corrected chi connectivity index (χ1v) is 12.5. The maximum Gasteiger partial charge on any atom is 0.417 e. The van der Waals surface area contributed by atoms with Gasteiger partial charge in [0, 0.05) is 17.7 Å². The minimum Gasteiger partial charge on any atom is -0.461 e. The van der Waals surface area contributed by atoms with Crippen LogP contribution in [-0.2, 0) is 25.3 Å². The highest BCUT2D eigenvalue weighted by molar-refractivity contribution is 5.99. The molecule has 0 saturated carbocycles. The van der Waals surface area contributed by atoms with E-state index in [0.29, 0.717) is 6.42 Å². The predicted octanol–water partition coefficient (Wildman–Crippen LogP) is 4.06. The Hall–Kier alpha value is -4.09. The van der Waals surface area contributed by atoms with Crippen LogP contribution in [0.4, 0.5) is 13.2 Å². The third-order valence-electron chi connectivity index (χ3n) is 5.51. The molecule has 0 aliphatic rings. The van der Waals surface area contributed by atoms with Crippen molar-refractivity contribution < 1.29 is 37.1 Å². The van der Waals surface area contributed by atoms with Gasteiger partial charge in [-0.05, 0) is 50.3 Å². The van der Waals surface area contributed by atoms with Crippen LogP contribution in [0.25, 0.3) is 11.3 Å². The lowest BCUT2D eigenvalue weighted by Gasteiger charge is -2.20. The second-order valence-corrected chi connectivity index (χ2v) is 9.17. The lowest BCUT2D eigenvalue weighted by molar-refractivity contribution is -0.140. The third-order valence-corrected chi connectivity index (χ3v) is 5.51. The monoisotopic (exact) mass is 550 g/mol. The summed E-state index contributed by atoms with van der Waals surface area (Å²) in [7, 11) is 0. The minimum atomic E-state index is -4.59. The van der Waals surface area contributed by atoms with E-state index in [2.05, 4.69) is 15.6 Å². The number of aromatic nitrogens is 1. The van der Waals surface area contributed by atoms with E-state index in [1.54, 1.807) is 6.92 Å². The number of carbonyl (C=O) groups excluding carboxylic acids is 4. The van der Waals surface area contributed by atoms with Crippen LogP contribution in [-0.4, -0.2) is 41.3 Å². The van der Waals surface area contributed by atoms with Crippen LogP contribution in [0.15, 0.2) is 48.2 Å². The van der Waals surface area contributed by atoms with Gasteiger partial charge in [0.2, 0.25) is 11.8 Å². The second kappa shape index (κ2) is 14.2. The van der Waals surface area contributed by atoms with Crippen LogP contribution in [0.2, 0.25) is 0 Å². The van der Waals surface area contributed by atoms with Crippen LogP contribution >= 0.6 is 0 Å². The van der Waals surface area contributed by atoms with Gasteiger partial charge in [0.05, 0.1) is 12.2 Å². The van der Waals surface area contributed by atoms with E-state index in [0.717, 1.165) is 6.07 Å². The Kier molecular flexibility index (Phi) is 11.3. The van der Waals surface area contributed by atoms with Crippen molar-refractivity contribution in [3.05, 3.63) is 59.4 Å². The Bertz CT molecular complexity index is 1200. The number of halogens is 3. The summed E-state index contributed by atoms with van der Waals surface area (Å²) in [5, 5.41) is 5.08. The maximum absolute atomic E-state index is 13.4. The van der Waals surface area contributed by atoms with Gasteiger partial charge in [-0.2, -0.15) is 13.2 Å². The van der Waals surface area contributed by atoms with Crippen molar-refractivity contribution in [2.24, 2.45) is 11.7 Å². The van der Waals surface area contributed by atoms with E-state index in [1.165, 1.54) is 36.4 Å². The number of ether oxygens (including phenoxy) is 1. The third kappa shape index (κ3) is 9.62. The SMILES string of the molecule is CCOC(=O)/C(=C/CCCC(N)=O)NC(=O)[C@H](CC(C)C)NC(=O)c1ccc(-c2ccccc2C(F)(F)F)[nH]1. The fourth-order valence-electron chi connectivity index (χ4n) is 3.73. The molecule has 1 aromatic carbocycles. The number of nitrogens with two attached hydrogens (primary N) is 1. The normalized spacial score (nSPS) is 12.6. The van der Waals surface area contributed by atoms with Crippen LogP contribution in [0.5, 0.6) is 0 Å². The van der Waals surface area contributed by atoms with E-state index >= 15 is 0 Å². The van der Waals surface area contributed by atoms with Gasteiger partial charge in [0.15, 0.2) is 0 Å². The molecule has 0 bridgehead atoms. The molecule has 0 spiro atoms. The Morgan fingerprint density at radius 1 is 1.10 bits per heavy atom. The lowest BCUT2D eigenvalue weighted by atomic mass is 10.0. The summed E-state index contributed by atoms with van der Waals surface area (Å²) in [6, 6.07) is 6.57. The molecule has 0 saturated heterocycles. The molecule has 1 atom stereocenters. The van der Waals surface area contributed by atoms with Crippen LogP contribution in [0.1, 0.15) is 62.5 Å². The molecule has 12 heteroatoms. The van der Waals surface area contributed by atoms with Gasteiger partial charge in [0.1, 0.15) is 17.4 Å². The fraction of sp³-hybridized carbons (Fsp3) is 0.407. The van der Waals surface area contributed by atoms with Crippen LogP contribution in [0.3, 0.4) is 0 Å². The average Bonchev–Trinajstić information content (AvgIpc) is 3.35. The summed E-state index contributed by atoms with van der Waals surface area (Å²) in [4.78, 5) is 52.1. The molecule has 5 N–H and O–H groups in total. The van der Waals surface area contributed by atoms with Crippen LogP contribution < -0.4 is 16.4 Å². The zero-order valence-corrected chi connectivity index (χ0v) is 22.0. The Balaban J connectivity index is 2.22. The molecule has 0 aliphatic heterocycles. The van der Waals surface area contributed by atoms with Gasteiger partial charge in [-0.25, -0.2) is 4.79 Å². The molecule has 3 amide bonds. The number of esters is 1. The van der Waals surface area contributed by atoms with Gasteiger partial charge in [0.25, 0.3) is 5.91 Å².